The van der Waals surface area contributed by atoms with Crippen molar-refractivity contribution in [3.05, 3.63) is 64.1 Å². The van der Waals surface area contributed by atoms with Crippen LogP contribution in [-0.2, 0) is 10.0 Å². The SMILES string of the molecule is CN(C)[C@@H]1N(C(=O)c2ccccc2Br)N=C2c3ccccc3S(=O)(=O)N21. The van der Waals surface area contributed by atoms with Crippen molar-refractivity contribution in [3.8, 4) is 0 Å². The number of hydrazone groups is 1. The molecule has 2 aromatic carbocycles. The molecule has 1 atom stereocenters. The van der Waals surface area contributed by atoms with Gasteiger partial charge in [0.2, 0.25) is 0 Å². The summed E-state index contributed by atoms with van der Waals surface area (Å²) in [5.41, 5.74) is 0.914. The van der Waals surface area contributed by atoms with Gasteiger partial charge in [-0.15, -0.1) is 5.10 Å². The number of hydrogen-bond acceptors (Lipinski definition) is 5. The molecule has 4 rings (SSSR count). The minimum absolute atomic E-state index is 0.207. The third-order valence-corrected chi connectivity index (χ3v) is 6.76. The normalized spacial score (nSPS) is 20.2. The molecule has 2 aromatic rings. The molecule has 9 heteroatoms. The van der Waals surface area contributed by atoms with Crippen LogP contribution in [0.3, 0.4) is 0 Å². The van der Waals surface area contributed by atoms with Gasteiger partial charge in [0.25, 0.3) is 15.9 Å². The first-order chi connectivity index (χ1) is 12.3. The standard InChI is InChI=1S/C17H15BrN4O3S/c1-20(2)17-21(16(23)11-7-3-5-9-13(11)18)19-15-12-8-4-6-10-14(12)26(24,25)22(15)17/h3-10,17H,1-2H3/t17-/m1/s1. The highest BCUT2D eigenvalue weighted by Gasteiger charge is 2.52. The van der Waals surface area contributed by atoms with E-state index in [2.05, 4.69) is 21.0 Å². The Kier molecular flexibility index (Phi) is 3.90. The molecule has 0 radical (unpaired) electrons. The molecule has 0 saturated heterocycles. The number of sulfonamides is 1. The molecule has 134 valence electrons. The van der Waals surface area contributed by atoms with Crippen LogP contribution in [0.5, 0.6) is 0 Å². The molecular formula is C17H15BrN4O3S. The Labute approximate surface area is 159 Å². The summed E-state index contributed by atoms with van der Waals surface area (Å²) in [6.45, 7) is 0. The zero-order chi connectivity index (χ0) is 18.6. The van der Waals surface area contributed by atoms with Crippen LogP contribution in [0.1, 0.15) is 15.9 Å². The maximum atomic E-state index is 13.1. The summed E-state index contributed by atoms with van der Waals surface area (Å²) >= 11 is 3.37. The van der Waals surface area contributed by atoms with E-state index in [0.717, 1.165) is 0 Å². The highest BCUT2D eigenvalue weighted by Crippen LogP contribution is 2.38. The molecule has 0 fully saturated rings. The topological polar surface area (TPSA) is 73.3 Å². The van der Waals surface area contributed by atoms with Crippen LogP contribution >= 0.6 is 15.9 Å². The van der Waals surface area contributed by atoms with Crippen molar-refractivity contribution in [2.24, 2.45) is 5.10 Å². The molecule has 0 unspecified atom stereocenters. The number of hydrogen-bond donors (Lipinski definition) is 0. The average Bonchev–Trinajstić information content (AvgIpc) is 3.11. The van der Waals surface area contributed by atoms with E-state index in [1.54, 1.807) is 67.5 Å². The second kappa shape index (κ2) is 5.90. The van der Waals surface area contributed by atoms with Crippen LogP contribution < -0.4 is 0 Å². The minimum Gasteiger partial charge on any atom is -0.270 e. The van der Waals surface area contributed by atoms with E-state index >= 15 is 0 Å². The molecule has 0 saturated carbocycles. The van der Waals surface area contributed by atoms with Crippen LogP contribution in [-0.4, -0.2) is 54.8 Å². The second-order valence-electron chi connectivity index (χ2n) is 6.16. The lowest BCUT2D eigenvalue weighted by atomic mass is 10.2. The number of amides is 1. The monoisotopic (exact) mass is 434 g/mol. The Balaban J connectivity index is 1.88. The number of carbonyl (C=O) groups is 1. The number of amidine groups is 1. The molecule has 0 aromatic heterocycles. The summed E-state index contributed by atoms with van der Waals surface area (Å²) in [5.74, 6) is -0.120. The van der Waals surface area contributed by atoms with Gasteiger partial charge in [-0.2, -0.15) is 5.01 Å². The number of fused-ring (bicyclic) bond motifs is 3. The van der Waals surface area contributed by atoms with E-state index in [0.29, 0.717) is 15.6 Å². The maximum Gasteiger partial charge on any atom is 0.278 e. The number of nitrogens with zero attached hydrogens (tertiary/aromatic N) is 4. The van der Waals surface area contributed by atoms with Crippen molar-refractivity contribution in [1.29, 1.82) is 0 Å². The summed E-state index contributed by atoms with van der Waals surface area (Å²) in [5, 5.41) is 5.60. The van der Waals surface area contributed by atoms with Gasteiger partial charge in [-0.1, -0.05) is 24.3 Å². The molecule has 2 aliphatic rings. The Morgan fingerprint density at radius 1 is 1.12 bits per heavy atom. The van der Waals surface area contributed by atoms with E-state index in [4.69, 9.17) is 0 Å². The summed E-state index contributed by atoms with van der Waals surface area (Å²) in [6.07, 6.45) is -0.873. The smallest absolute Gasteiger partial charge is 0.270 e. The zero-order valence-corrected chi connectivity index (χ0v) is 16.4. The van der Waals surface area contributed by atoms with Gasteiger partial charge in [-0.05, 0) is 54.3 Å². The largest absolute Gasteiger partial charge is 0.278 e. The fourth-order valence-corrected chi connectivity index (χ4v) is 5.38. The van der Waals surface area contributed by atoms with E-state index in [1.165, 1.54) is 9.31 Å². The van der Waals surface area contributed by atoms with Gasteiger partial charge < -0.3 is 0 Å². The van der Waals surface area contributed by atoms with E-state index in [9.17, 15) is 13.2 Å². The number of halogens is 1. The number of rotatable bonds is 2. The van der Waals surface area contributed by atoms with Crippen molar-refractivity contribution in [2.75, 3.05) is 14.1 Å². The molecular weight excluding hydrogens is 420 g/mol. The minimum atomic E-state index is -3.78. The first-order valence-corrected chi connectivity index (χ1v) is 10.0. The van der Waals surface area contributed by atoms with Gasteiger partial charge in [0.15, 0.2) is 12.1 Å². The lowest BCUT2D eigenvalue weighted by Gasteiger charge is -2.32. The Bertz CT molecular complexity index is 1050. The van der Waals surface area contributed by atoms with Gasteiger partial charge >= 0.3 is 0 Å². The zero-order valence-electron chi connectivity index (χ0n) is 14.0. The third kappa shape index (κ3) is 2.31. The van der Waals surface area contributed by atoms with Crippen LogP contribution in [0, 0.1) is 0 Å². The first kappa shape index (κ1) is 17.2. The summed E-state index contributed by atoms with van der Waals surface area (Å²) in [7, 11) is -0.360. The second-order valence-corrected chi connectivity index (χ2v) is 8.80. The van der Waals surface area contributed by atoms with Gasteiger partial charge in [0.05, 0.1) is 10.5 Å². The van der Waals surface area contributed by atoms with Gasteiger partial charge in [-0.25, -0.2) is 12.7 Å². The maximum absolute atomic E-state index is 13.1. The lowest BCUT2D eigenvalue weighted by Crippen LogP contribution is -2.53. The van der Waals surface area contributed by atoms with Crippen LogP contribution in [0.2, 0.25) is 0 Å². The first-order valence-electron chi connectivity index (χ1n) is 7.81. The highest BCUT2D eigenvalue weighted by atomic mass is 79.9. The van der Waals surface area contributed by atoms with Gasteiger partial charge in [0.1, 0.15) is 0 Å². The quantitative estimate of drug-likeness (QED) is 0.725. The number of carbonyl (C=O) groups excluding carboxylic acids is 1. The van der Waals surface area contributed by atoms with Crippen LogP contribution in [0.25, 0.3) is 0 Å². The summed E-state index contributed by atoms with van der Waals surface area (Å²) < 4.78 is 27.9. The molecule has 0 bridgehead atoms. The van der Waals surface area contributed by atoms with Crippen molar-refractivity contribution in [1.82, 2.24) is 14.2 Å². The van der Waals surface area contributed by atoms with E-state index < -0.39 is 16.3 Å². The third-order valence-electron chi connectivity index (χ3n) is 4.28. The molecule has 0 spiro atoms. The highest BCUT2D eigenvalue weighted by molar-refractivity contribution is 9.10. The molecule has 26 heavy (non-hydrogen) atoms. The molecule has 0 N–H and O–H groups in total. The van der Waals surface area contributed by atoms with Gasteiger partial charge in [-0.3, -0.25) is 9.69 Å². The Hall–Kier alpha value is -2.23. The van der Waals surface area contributed by atoms with Crippen LogP contribution in [0.4, 0.5) is 0 Å². The summed E-state index contributed by atoms with van der Waals surface area (Å²) in [4.78, 5) is 14.9. The fraction of sp³-hybridized carbons (Fsp3) is 0.176. The summed E-state index contributed by atoms with van der Waals surface area (Å²) in [6, 6.07) is 13.7. The van der Waals surface area contributed by atoms with Crippen LogP contribution in [0.15, 0.2) is 63.0 Å². The molecule has 0 aliphatic carbocycles. The Morgan fingerprint density at radius 3 is 2.46 bits per heavy atom. The van der Waals surface area contributed by atoms with E-state index in [1.807, 2.05) is 0 Å². The molecule has 2 aliphatic heterocycles. The molecule has 1 amide bonds. The van der Waals surface area contributed by atoms with Crippen molar-refractivity contribution in [3.63, 3.8) is 0 Å². The predicted molar refractivity (Wildman–Crippen MR) is 99.8 cm³/mol. The van der Waals surface area contributed by atoms with Crippen molar-refractivity contribution in [2.45, 2.75) is 11.2 Å². The van der Waals surface area contributed by atoms with E-state index in [-0.39, 0.29) is 16.6 Å². The fourth-order valence-electron chi connectivity index (χ4n) is 3.14. The van der Waals surface area contributed by atoms with Crippen molar-refractivity contribution < 1.29 is 13.2 Å². The number of benzene rings is 2. The van der Waals surface area contributed by atoms with Gasteiger partial charge in [0, 0.05) is 10.0 Å². The van der Waals surface area contributed by atoms with Crippen molar-refractivity contribution >= 4 is 37.7 Å². The average molecular weight is 435 g/mol. The Morgan fingerprint density at radius 2 is 1.77 bits per heavy atom. The lowest BCUT2D eigenvalue weighted by molar-refractivity contribution is 0.0340. The molecule has 7 nitrogen and oxygen atoms in total. The molecule has 2 heterocycles. The predicted octanol–water partition coefficient (Wildman–Crippen LogP) is 2.12.